The lowest BCUT2D eigenvalue weighted by molar-refractivity contribution is 0.102. The van der Waals surface area contributed by atoms with Gasteiger partial charge in [0.25, 0.3) is 5.91 Å². The summed E-state index contributed by atoms with van der Waals surface area (Å²) in [7, 11) is -1.24. The van der Waals surface area contributed by atoms with E-state index in [0.717, 1.165) is 37.9 Å². The van der Waals surface area contributed by atoms with Crippen LogP contribution in [0.25, 0.3) is 0 Å². The summed E-state index contributed by atoms with van der Waals surface area (Å²) in [4.78, 5) is 14.8. The van der Waals surface area contributed by atoms with Crippen LogP contribution in [0.1, 0.15) is 23.2 Å². The van der Waals surface area contributed by atoms with Crippen LogP contribution in [0, 0.1) is 0 Å². The van der Waals surface area contributed by atoms with E-state index in [2.05, 4.69) is 17.3 Å². The van der Waals surface area contributed by atoms with Gasteiger partial charge in [-0.15, -0.1) is 0 Å². The number of ether oxygens (including phenoxy) is 1. The average molecular weight is 388 g/mol. The zero-order valence-corrected chi connectivity index (χ0v) is 16.3. The summed E-state index contributed by atoms with van der Waals surface area (Å²) < 4.78 is 29.3. The van der Waals surface area contributed by atoms with Gasteiger partial charge < -0.3 is 15.0 Å². The molecule has 144 valence electrons. The lowest BCUT2D eigenvalue weighted by atomic mass is 10.1. The Hall–Kier alpha value is -2.38. The van der Waals surface area contributed by atoms with Crippen molar-refractivity contribution in [2.45, 2.75) is 23.8 Å². The number of sulfone groups is 1. The van der Waals surface area contributed by atoms with Crippen molar-refractivity contribution in [3.63, 3.8) is 0 Å². The quantitative estimate of drug-likeness (QED) is 0.852. The van der Waals surface area contributed by atoms with Crippen LogP contribution >= 0.6 is 0 Å². The van der Waals surface area contributed by atoms with E-state index >= 15 is 0 Å². The summed E-state index contributed by atoms with van der Waals surface area (Å²) in [6, 6.07) is 13.2. The summed E-state index contributed by atoms with van der Waals surface area (Å²) in [5.41, 5.74) is 0.921. The molecule has 1 heterocycles. The zero-order chi connectivity index (χ0) is 19.4. The second-order valence-corrected chi connectivity index (χ2v) is 8.91. The highest BCUT2D eigenvalue weighted by Crippen LogP contribution is 2.21. The van der Waals surface area contributed by atoms with Crippen molar-refractivity contribution in [2.75, 3.05) is 31.7 Å². The Kier molecular flexibility index (Phi) is 5.82. The van der Waals surface area contributed by atoms with E-state index in [1.165, 1.54) is 12.1 Å². The molecule has 0 aliphatic carbocycles. The maximum Gasteiger partial charge on any atom is 0.255 e. The highest BCUT2D eigenvalue weighted by atomic mass is 32.2. The Labute approximate surface area is 160 Å². The molecule has 0 bridgehead atoms. The molecular weight excluding hydrogens is 364 g/mol. The van der Waals surface area contributed by atoms with E-state index in [0.29, 0.717) is 11.3 Å². The molecule has 3 rings (SSSR count). The molecule has 6 nitrogen and oxygen atoms in total. The second-order valence-electron chi connectivity index (χ2n) is 6.90. The van der Waals surface area contributed by atoms with Gasteiger partial charge >= 0.3 is 0 Å². The molecule has 2 aromatic carbocycles. The lowest BCUT2D eigenvalue weighted by Gasteiger charge is -2.29. The standard InChI is InChI=1S/C20H24N2O4S/c1-22-12-10-18(11-13-22)26-17-8-6-16(7-9-17)21-20(23)15-4-3-5-19(14-15)27(2,24)25/h3-9,14,18H,10-13H2,1-2H3,(H,21,23). The van der Waals surface area contributed by atoms with Crippen molar-refractivity contribution in [3.8, 4) is 5.75 Å². The summed E-state index contributed by atoms with van der Waals surface area (Å²) >= 11 is 0. The molecular formula is C20H24N2O4S. The number of hydrogen-bond acceptors (Lipinski definition) is 5. The predicted octanol–water partition coefficient (Wildman–Crippen LogP) is 2.82. The molecule has 27 heavy (non-hydrogen) atoms. The molecule has 7 heteroatoms. The molecule has 0 atom stereocenters. The van der Waals surface area contributed by atoms with Crippen LogP contribution in [0.15, 0.2) is 53.4 Å². The molecule has 0 aromatic heterocycles. The molecule has 0 spiro atoms. The zero-order valence-electron chi connectivity index (χ0n) is 15.5. The minimum Gasteiger partial charge on any atom is -0.490 e. The molecule has 1 amide bonds. The van der Waals surface area contributed by atoms with Crippen LogP contribution < -0.4 is 10.1 Å². The lowest BCUT2D eigenvalue weighted by Crippen LogP contribution is -2.35. The molecule has 1 aliphatic heterocycles. The number of nitrogens with zero attached hydrogens (tertiary/aromatic N) is 1. The molecule has 2 aromatic rings. The number of hydrogen-bond donors (Lipinski definition) is 1. The van der Waals surface area contributed by atoms with Crippen LogP contribution in [0.3, 0.4) is 0 Å². The number of rotatable bonds is 5. The van der Waals surface area contributed by atoms with Crippen molar-refractivity contribution in [1.82, 2.24) is 4.90 Å². The van der Waals surface area contributed by atoms with E-state index in [4.69, 9.17) is 4.74 Å². The Morgan fingerprint density at radius 3 is 2.41 bits per heavy atom. The summed E-state index contributed by atoms with van der Waals surface area (Å²) in [6.07, 6.45) is 3.35. The number of carbonyl (C=O) groups excluding carboxylic acids is 1. The molecule has 0 saturated carbocycles. The van der Waals surface area contributed by atoms with Gasteiger partial charge in [0.15, 0.2) is 9.84 Å². The number of carbonyl (C=O) groups is 1. The van der Waals surface area contributed by atoms with Crippen molar-refractivity contribution < 1.29 is 17.9 Å². The number of amides is 1. The maximum absolute atomic E-state index is 12.4. The van der Waals surface area contributed by atoms with Gasteiger partial charge in [-0.25, -0.2) is 8.42 Å². The van der Waals surface area contributed by atoms with Crippen molar-refractivity contribution in [2.24, 2.45) is 0 Å². The largest absolute Gasteiger partial charge is 0.490 e. The first kappa shape index (κ1) is 19.4. The Bertz CT molecular complexity index is 902. The molecule has 1 N–H and O–H groups in total. The minimum absolute atomic E-state index is 0.122. The Balaban J connectivity index is 1.62. The predicted molar refractivity (Wildman–Crippen MR) is 105 cm³/mol. The fourth-order valence-corrected chi connectivity index (χ4v) is 3.65. The van der Waals surface area contributed by atoms with Gasteiger partial charge in [-0.05, 0) is 62.4 Å². The maximum atomic E-state index is 12.4. The normalized spacial score (nSPS) is 16.1. The van der Waals surface area contributed by atoms with Crippen LogP contribution in [0.5, 0.6) is 5.75 Å². The van der Waals surface area contributed by atoms with E-state index in [1.54, 1.807) is 24.3 Å². The van der Waals surface area contributed by atoms with Gasteiger partial charge in [0.1, 0.15) is 11.9 Å². The Morgan fingerprint density at radius 2 is 1.78 bits per heavy atom. The molecule has 0 radical (unpaired) electrons. The van der Waals surface area contributed by atoms with Crippen LogP contribution in [-0.2, 0) is 9.84 Å². The molecule has 1 aliphatic rings. The summed E-state index contributed by atoms with van der Waals surface area (Å²) in [5, 5.41) is 2.78. The van der Waals surface area contributed by atoms with Gasteiger partial charge in [0.05, 0.1) is 4.90 Å². The topological polar surface area (TPSA) is 75.7 Å². The smallest absolute Gasteiger partial charge is 0.255 e. The molecule has 1 saturated heterocycles. The monoisotopic (exact) mass is 388 g/mol. The fraction of sp³-hybridized carbons (Fsp3) is 0.350. The van der Waals surface area contributed by atoms with E-state index < -0.39 is 9.84 Å². The van der Waals surface area contributed by atoms with Crippen LogP contribution in [-0.4, -0.2) is 51.7 Å². The first-order chi connectivity index (χ1) is 12.8. The molecule has 0 unspecified atom stereocenters. The van der Waals surface area contributed by atoms with E-state index in [-0.39, 0.29) is 16.9 Å². The van der Waals surface area contributed by atoms with Crippen molar-refractivity contribution >= 4 is 21.4 Å². The minimum atomic E-state index is -3.35. The second kappa shape index (κ2) is 8.10. The van der Waals surface area contributed by atoms with E-state index in [9.17, 15) is 13.2 Å². The van der Waals surface area contributed by atoms with Crippen molar-refractivity contribution in [3.05, 3.63) is 54.1 Å². The number of piperidine rings is 1. The number of benzene rings is 2. The van der Waals surface area contributed by atoms with Gasteiger partial charge in [0, 0.05) is 30.6 Å². The number of likely N-dealkylation sites (tertiary alicyclic amines) is 1. The highest BCUT2D eigenvalue weighted by Gasteiger charge is 2.18. The van der Waals surface area contributed by atoms with Gasteiger partial charge in [-0.3, -0.25) is 4.79 Å². The van der Waals surface area contributed by atoms with Crippen LogP contribution in [0.2, 0.25) is 0 Å². The van der Waals surface area contributed by atoms with Crippen molar-refractivity contribution in [1.29, 1.82) is 0 Å². The van der Waals surface area contributed by atoms with Gasteiger partial charge in [-0.1, -0.05) is 6.07 Å². The first-order valence-corrected chi connectivity index (χ1v) is 10.8. The van der Waals surface area contributed by atoms with E-state index in [1.807, 2.05) is 12.1 Å². The van der Waals surface area contributed by atoms with Gasteiger partial charge in [0.2, 0.25) is 0 Å². The third kappa shape index (κ3) is 5.30. The number of anilines is 1. The molecule has 1 fully saturated rings. The Morgan fingerprint density at radius 1 is 1.11 bits per heavy atom. The fourth-order valence-electron chi connectivity index (χ4n) is 2.98. The summed E-state index contributed by atoms with van der Waals surface area (Å²) in [5.74, 6) is 0.422. The first-order valence-electron chi connectivity index (χ1n) is 8.88. The summed E-state index contributed by atoms with van der Waals surface area (Å²) in [6.45, 7) is 2.07. The SMILES string of the molecule is CN1CCC(Oc2ccc(NC(=O)c3cccc(S(C)(=O)=O)c3)cc2)CC1. The average Bonchev–Trinajstić information content (AvgIpc) is 2.64. The van der Waals surface area contributed by atoms with Gasteiger partial charge in [-0.2, -0.15) is 0 Å². The third-order valence-corrected chi connectivity index (χ3v) is 5.72. The third-order valence-electron chi connectivity index (χ3n) is 4.60. The number of nitrogens with one attached hydrogen (secondary N) is 1. The highest BCUT2D eigenvalue weighted by molar-refractivity contribution is 7.90. The van der Waals surface area contributed by atoms with Crippen LogP contribution in [0.4, 0.5) is 5.69 Å².